The Labute approximate surface area is 135 Å². The number of anilines is 1. The quantitative estimate of drug-likeness (QED) is 0.909. The van der Waals surface area contributed by atoms with Gasteiger partial charge in [-0.2, -0.15) is 5.10 Å². The lowest BCUT2D eigenvalue weighted by Gasteiger charge is -2.29. The number of nitrogens with zero attached hydrogens (tertiary/aromatic N) is 3. The Bertz CT molecular complexity index is 684. The number of aliphatic hydroxyl groups excluding tert-OH is 1. The van der Waals surface area contributed by atoms with Gasteiger partial charge in [0.25, 0.3) is 0 Å². The number of aliphatic hydroxyl groups is 1. The van der Waals surface area contributed by atoms with Crippen molar-refractivity contribution in [2.75, 3.05) is 25.1 Å². The summed E-state index contributed by atoms with van der Waals surface area (Å²) in [7, 11) is 1.79. The van der Waals surface area contributed by atoms with Gasteiger partial charge in [0.15, 0.2) is 0 Å². The highest BCUT2D eigenvalue weighted by Crippen LogP contribution is 2.29. The monoisotopic (exact) mass is 315 g/mol. The molecule has 23 heavy (non-hydrogen) atoms. The van der Waals surface area contributed by atoms with Gasteiger partial charge >= 0.3 is 0 Å². The third-order valence-electron chi connectivity index (χ3n) is 4.49. The van der Waals surface area contributed by atoms with Gasteiger partial charge in [-0.3, -0.25) is 9.59 Å². The number of fused-ring (bicyclic) bond motifs is 1. The first-order valence-corrected chi connectivity index (χ1v) is 7.91. The summed E-state index contributed by atoms with van der Waals surface area (Å²) >= 11 is 0. The molecule has 2 aliphatic rings. The van der Waals surface area contributed by atoms with Crippen LogP contribution in [0.25, 0.3) is 0 Å². The third kappa shape index (κ3) is 2.86. The van der Waals surface area contributed by atoms with E-state index in [0.29, 0.717) is 12.8 Å². The highest BCUT2D eigenvalue weighted by Gasteiger charge is 2.28. The second-order valence-corrected chi connectivity index (χ2v) is 6.13. The van der Waals surface area contributed by atoms with E-state index < -0.39 is 0 Å². The molecule has 0 aromatic heterocycles. The number of hydrazone groups is 1. The number of amides is 2. The zero-order valence-electron chi connectivity index (χ0n) is 13.5. The van der Waals surface area contributed by atoms with Crippen LogP contribution in [0, 0.1) is 5.92 Å². The number of hydrogen-bond donors (Lipinski definition) is 1. The van der Waals surface area contributed by atoms with Crippen LogP contribution in [-0.4, -0.2) is 47.8 Å². The van der Waals surface area contributed by atoms with Crippen molar-refractivity contribution < 1.29 is 14.7 Å². The van der Waals surface area contributed by atoms with Crippen LogP contribution in [0.2, 0.25) is 0 Å². The van der Waals surface area contributed by atoms with Crippen molar-refractivity contribution >= 4 is 23.2 Å². The van der Waals surface area contributed by atoms with Crippen LogP contribution in [-0.2, 0) is 16.0 Å². The first-order valence-electron chi connectivity index (χ1n) is 7.91. The smallest absolute Gasteiger partial charge is 0.243 e. The summed E-state index contributed by atoms with van der Waals surface area (Å²) in [5.74, 6) is 0.116. The summed E-state index contributed by atoms with van der Waals surface area (Å²) in [6.45, 7) is 2.10. The third-order valence-corrected chi connectivity index (χ3v) is 4.49. The fourth-order valence-electron chi connectivity index (χ4n) is 3.18. The van der Waals surface area contributed by atoms with Crippen LogP contribution < -0.4 is 4.90 Å². The molecule has 2 heterocycles. The minimum absolute atomic E-state index is 0.0402. The second kappa shape index (κ2) is 6.12. The maximum absolute atomic E-state index is 11.9. The van der Waals surface area contributed by atoms with Gasteiger partial charge in [-0.15, -0.1) is 0 Å². The van der Waals surface area contributed by atoms with E-state index >= 15 is 0 Å². The maximum Gasteiger partial charge on any atom is 0.243 e. The molecule has 0 radical (unpaired) electrons. The first-order chi connectivity index (χ1) is 11.0. The molecule has 0 aliphatic carbocycles. The zero-order chi connectivity index (χ0) is 16.6. The molecule has 1 aromatic carbocycles. The van der Waals surface area contributed by atoms with Gasteiger partial charge < -0.3 is 10.0 Å². The lowest BCUT2D eigenvalue weighted by Crippen LogP contribution is -2.38. The van der Waals surface area contributed by atoms with Crippen molar-refractivity contribution in [1.29, 1.82) is 0 Å². The molecule has 2 amide bonds. The van der Waals surface area contributed by atoms with Crippen molar-refractivity contribution in [2.45, 2.75) is 26.2 Å². The molecular weight excluding hydrogens is 294 g/mol. The van der Waals surface area contributed by atoms with E-state index in [1.807, 2.05) is 19.1 Å². The number of rotatable bonds is 3. The highest BCUT2D eigenvalue weighted by atomic mass is 16.3. The second-order valence-electron chi connectivity index (χ2n) is 6.13. The molecule has 6 heteroatoms. The molecule has 0 saturated carbocycles. The Morgan fingerprint density at radius 2 is 2.04 bits per heavy atom. The van der Waals surface area contributed by atoms with Gasteiger partial charge in [-0.1, -0.05) is 13.0 Å². The standard InChI is InChI=1S/C17H21N3O3/c1-11-9-16(23)20(7-8-21)18-17(11)13-3-5-14-12(10-13)4-6-15(22)19(14)2/h3,5,10-11,21H,4,6-9H2,1-2H3. The highest BCUT2D eigenvalue weighted by molar-refractivity contribution is 6.06. The number of carbonyl (C=O) groups is 2. The predicted octanol–water partition coefficient (Wildman–Crippen LogP) is 1.16. The topological polar surface area (TPSA) is 73.2 Å². The molecule has 0 fully saturated rings. The average Bonchev–Trinajstić information content (AvgIpc) is 2.53. The molecule has 1 atom stereocenters. The van der Waals surface area contributed by atoms with Gasteiger partial charge in [0.05, 0.1) is 18.9 Å². The normalized spacial score (nSPS) is 21.3. The summed E-state index contributed by atoms with van der Waals surface area (Å²) in [6.07, 6.45) is 1.64. The van der Waals surface area contributed by atoms with E-state index in [1.165, 1.54) is 5.01 Å². The Morgan fingerprint density at radius 1 is 1.26 bits per heavy atom. The van der Waals surface area contributed by atoms with Gasteiger partial charge in [0.2, 0.25) is 11.8 Å². The molecule has 122 valence electrons. The Balaban J connectivity index is 1.96. The summed E-state index contributed by atoms with van der Waals surface area (Å²) < 4.78 is 0. The van der Waals surface area contributed by atoms with Crippen LogP contribution in [0.4, 0.5) is 5.69 Å². The minimum Gasteiger partial charge on any atom is -0.394 e. The lowest BCUT2D eigenvalue weighted by molar-refractivity contribution is -0.133. The summed E-state index contributed by atoms with van der Waals surface area (Å²) in [6, 6.07) is 5.97. The molecule has 1 unspecified atom stereocenters. The number of carbonyl (C=O) groups excluding carboxylic acids is 2. The van der Waals surface area contributed by atoms with Gasteiger partial charge in [0.1, 0.15) is 0 Å². The number of aryl methyl sites for hydroxylation is 1. The van der Waals surface area contributed by atoms with Crippen LogP contribution in [0.5, 0.6) is 0 Å². The SMILES string of the molecule is CC1CC(=O)N(CCO)N=C1c1ccc2c(c1)CCC(=O)N2C. The summed E-state index contributed by atoms with van der Waals surface area (Å²) in [4.78, 5) is 25.4. The Hall–Kier alpha value is -2.21. The van der Waals surface area contributed by atoms with Gasteiger partial charge in [-0.25, -0.2) is 5.01 Å². The van der Waals surface area contributed by atoms with Crippen LogP contribution in [0.3, 0.4) is 0 Å². The van der Waals surface area contributed by atoms with E-state index in [9.17, 15) is 9.59 Å². The molecular formula is C17H21N3O3. The molecule has 2 aliphatic heterocycles. The molecule has 6 nitrogen and oxygen atoms in total. The van der Waals surface area contributed by atoms with E-state index in [0.717, 1.165) is 28.9 Å². The Kier molecular flexibility index (Phi) is 4.17. The maximum atomic E-state index is 11.9. The zero-order valence-corrected chi connectivity index (χ0v) is 13.5. The number of hydrogen-bond acceptors (Lipinski definition) is 4. The average molecular weight is 315 g/mol. The van der Waals surface area contributed by atoms with Crippen molar-refractivity contribution in [2.24, 2.45) is 11.0 Å². The van der Waals surface area contributed by atoms with Gasteiger partial charge in [0, 0.05) is 31.5 Å². The summed E-state index contributed by atoms with van der Waals surface area (Å²) in [5, 5.41) is 14.9. The van der Waals surface area contributed by atoms with Crippen molar-refractivity contribution in [3.63, 3.8) is 0 Å². The number of β-amino-alcohol motifs (C(OH)–C–C–N with tert-alkyl or cyclic N) is 1. The van der Waals surface area contributed by atoms with Crippen LogP contribution in [0.15, 0.2) is 23.3 Å². The summed E-state index contributed by atoms with van der Waals surface area (Å²) in [5.41, 5.74) is 3.91. The van der Waals surface area contributed by atoms with Gasteiger partial charge in [-0.05, 0) is 29.7 Å². The van der Waals surface area contributed by atoms with E-state index in [2.05, 4.69) is 11.2 Å². The first kappa shape index (κ1) is 15.7. The minimum atomic E-state index is -0.103. The van der Waals surface area contributed by atoms with Crippen LogP contribution >= 0.6 is 0 Å². The molecule has 1 N–H and O–H groups in total. The molecule has 0 saturated heterocycles. The predicted molar refractivity (Wildman–Crippen MR) is 87.3 cm³/mol. The van der Waals surface area contributed by atoms with E-state index in [1.54, 1.807) is 11.9 Å². The largest absolute Gasteiger partial charge is 0.394 e. The fraction of sp³-hybridized carbons (Fsp3) is 0.471. The fourth-order valence-corrected chi connectivity index (χ4v) is 3.18. The Morgan fingerprint density at radius 3 is 2.78 bits per heavy atom. The molecule has 3 rings (SSSR count). The van der Waals surface area contributed by atoms with E-state index in [4.69, 9.17) is 5.11 Å². The molecule has 1 aromatic rings. The molecule has 0 spiro atoms. The molecule has 0 bridgehead atoms. The van der Waals surface area contributed by atoms with Crippen molar-refractivity contribution in [3.8, 4) is 0 Å². The van der Waals surface area contributed by atoms with Crippen LogP contribution in [0.1, 0.15) is 30.9 Å². The van der Waals surface area contributed by atoms with Crippen molar-refractivity contribution in [3.05, 3.63) is 29.3 Å². The lowest BCUT2D eigenvalue weighted by atomic mass is 9.90. The van der Waals surface area contributed by atoms with E-state index in [-0.39, 0.29) is 30.9 Å². The number of benzene rings is 1. The van der Waals surface area contributed by atoms with Crippen molar-refractivity contribution in [1.82, 2.24) is 5.01 Å².